The maximum atomic E-state index is 10.7. The summed E-state index contributed by atoms with van der Waals surface area (Å²) in [4.78, 5) is 0. The molecule has 0 spiro atoms. The van der Waals surface area contributed by atoms with Crippen molar-refractivity contribution in [1.29, 1.82) is 0 Å². The van der Waals surface area contributed by atoms with E-state index in [9.17, 15) is 5.11 Å². The van der Waals surface area contributed by atoms with Gasteiger partial charge in [0.05, 0.1) is 21.3 Å². The van der Waals surface area contributed by atoms with E-state index in [-0.39, 0.29) is 0 Å². The molecule has 2 aromatic rings. The highest BCUT2D eigenvalue weighted by molar-refractivity contribution is 5.46. The fourth-order valence-electron chi connectivity index (χ4n) is 2.23. The predicted molar refractivity (Wildman–Crippen MR) is 81.3 cm³/mol. The molecule has 0 amide bonds. The van der Waals surface area contributed by atoms with E-state index in [1.165, 1.54) is 0 Å². The average Bonchev–Trinajstić information content (AvgIpc) is 2.53. The van der Waals surface area contributed by atoms with E-state index < -0.39 is 6.10 Å². The molecule has 2 aromatic carbocycles. The second-order valence-electron chi connectivity index (χ2n) is 4.79. The van der Waals surface area contributed by atoms with Crippen LogP contribution in [-0.2, 0) is 0 Å². The van der Waals surface area contributed by atoms with E-state index >= 15 is 0 Å². The molecule has 0 fully saturated rings. The van der Waals surface area contributed by atoms with Crippen LogP contribution in [0.1, 0.15) is 22.8 Å². The van der Waals surface area contributed by atoms with Crippen molar-refractivity contribution in [3.8, 4) is 17.2 Å². The predicted octanol–water partition coefficient (Wildman–Crippen LogP) is 3.10. The number of methoxy groups -OCH3 is 3. The quantitative estimate of drug-likeness (QED) is 0.918. The van der Waals surface area contributed by atoms with Gasteiger partial charge in [-0.3, -0.25) is 0 Å². The number of ether oxygens (including phenoxy) is 3. The first kappa shape index (κ1) is 15.2. The zero-order valence-corrected chi connectivity index (χ0v) is 12.7. The van der Waals surface area contributed by atoms with Gasteiger partial charge in [-0.05, 0) is 36.8 Å². The summed E-state index contributed by atoms with van der Waals surface area (Å²) in [6, 6.07) is 11.1. The number of hydrogen-bond donors (Lipinski definition) is 1. The third kappa shape index (κ3) is 3.28. The molecule has 4 nitrogen and oxygen atoms in total. The van der Waals surface area contributed by atoms with Gasteiger partial charge in [0.25, 0.3) is 0 Å². The minimum atomic E-state index is -0.816. The smallest absolute Gasteiger partial charge is 0.125 e. The Labute approximate surface area is 124 Å². The summed E-state index contributed by atoms with van der Waals surface area (Å²) in [7, 11) is 4.75. The Morgan fingerprint density at radius 1 is 0.857 bits per heavy atom. The largest absolute Gasteiger partial charge is 0.497 e. The van der Waals surface area contributed by atoms with E-state index in [1.54, 1.807) is 39.5 Å². The van der Waals surface area contributed by atoms with Crippen LogP contribution in [0.4, 0.5) is 0 Å². The molecule has 112 valence electrons. The third-order valence-electron chi connectivity index (χ3n) is 3.37. The lowest BCUT2D eigenvalue weighted by Gasteiger charge is -2.17. The van der Waals surface area contributed by atoms with E-state index in [1.807, 2.05) is 25.1 Å². The van der Waals surface area contributed by atoms with Gasteiger partial charge in [-0.2, -0.15) is 0 Å². The van der Waals surface area contributed by atoms with Crippen molar-refractivity contribution in [2.24, 2.45) is 0 Å². The fraction of sp³-hybridized carbons (Fsp3) is 0.294. The summed E-state index contributed by atoms with van der Waals surface area (Å²) in [6.07, 6.45) is -0.816. The highest BCUT2D eigenvalue weighted by Crippen LogP contribution is 2.34. The third-order valence-corrected chi connectivity index (χ3v) is 3.37. The van der Waals surface area contributed by atoms with Gasteiger partial charge in [-0.15, -0.1) is 0 Å². The summed E-state index contributed by atoms with van der Waals surface area (Å²) in [5.41, 5.74) is 2.46. The molecule has 2 rings (SSSR count). The summed E-state index contributed by atoms with van der Waals surface area (Å²) in [5.74, 6) is 1.92. The molecule has 0 bridgehead atoms. The van der Waals surface area contributed by atoms with Gasteiger partial charge < -0.3 is 19.3 Å². The molecule has 0 aliphatic rings. The van der Waals surface area contributed by atoms with Crippen molar-refractivity contribution in [2.75, 3.05) is 21.3 Å². The van der Waals surface area contributed by atoms with Crippen molar-refractivity contribution >= 4 is 0 Å². The highest BCUT2D eigenvalue weighted by Gasteiger charge is 2.17. The Morgan fingerprint density at radius 3 is 2.00 bits per heavy atom. The van der Waals surface area contributed by atoms with Crippen molar-refractivity contribution in [3.05, 3.63) is 53.1 Å². The van der Waals surface area contributed by atoms with Crippen molar-refractivity contribution in [1.82, 2.24) is 0 Å². The van der Waals surface area contributed by atoms with E-state index in [0.29, 0.717) is 28.4 Å². The number of aliphatic hydroxyl groups excluding tert-OH is 1. The van der Waals surface area contributed by atoms with Crippen LogP contribution in [0.2, 0.25) is 0 Å². The summed E-state index contributed by atoms with van der Waals surface area (Å²) in [6.45, 7) is 1.97. The first-order chi connectivity index (χ1) is 10.1. The summed E-state index contributed by atoms with van der Waals surface area (Å²) < 4.78 is 15.8. The molecule has 4 heteroatoms. The van der Waals surface area contributed by atoms with Crippen LogP contribution in [-0.4, -0.2) is 26.4 Å². The maximum absolute atomic E-state index is 10.7. The molecule has 1 atom stereocenters. The van der Waals surface area contributed by atoms with Gasteiger partial charge in [0.2, 0.25) is 0 Å². The van der Waals surface area contributed by atoms with Gasteiger partial charge in [0, 0.05) is 11.6 Å². The molecular formula is C17H20O4. The fourth-order valence-corrected chi connectivity index (χ4v) is 2.23. The SMILES string of the molecule is COc1cc(OC)cc(C(O)c2cc(C)ccc2OC)c1. The minimum Gasteiger partial charge on any atom is -0.497 e. The second-order valence-corrected chi connectivity index (χ2v) is 4.79. The van der Waals surface area contributed by atoms with Crippen molar-refractivity contribution in [3.63, 3.8) is 0 Å². The van der Waals surface area contributed by atoms with Gasteiger partial charge in [0.1, 0.15) is 23.4 Å². The van der Waals surface area contributed by atoms with E-state index in [0.717, 1.165) is 5.56 Å². The molecule has 0 aliphatic heterocycles. The standard InChI is InChI=1S/C17H20O4/c1-11-5-6-16(21-4)15(7-11)17(18)12-8-13(19-2)10-14(9-12)20-3/h5-10,17-18H,1-4H3. The normalized spacial score (nSPS) is 11.9. The van der Waals surface area contributed by atoms with Gasteiger partial charge in [-0.1, -0.05) is 11.6 Å². The van der Waals surface area contributed by atoms with Crippen LogP contribution in [0.25, 0.3) is 0 Å². The first-order valence-corrected chi connectivity index (χ1v) is 6.64. The molecular weight excluding hydrogens is 268 g/mol. The van der Waals surface area contributed by atoms with Crippen LogP contribution in [0.3, 0.4) is 0 Å². The van der Waals surface area contributed by atoms with Crippen LogP contribution >= 0.6 is 0 Å². The summed E-state index contributed by atoms with van der Waals surface area (Å²) in [5, 5.41) is 10.7. The topological polar surface area (TPSA) is 47.9 Å². The Hall–Kier alpha value is -2.20. The van der Waals surface area contributed by atoms with Crippen molar-refractivity contribution < 1.29 is 19.3 Å². The maximum Gasteiger partial charge on any atom is 0.125 e. The van der Waals surface area contributed by atoms with Crippen LogP contribution in [0, 0.1) is 6.92 Å². The average molecular weight is 288 g/mol. The van der Waals surface area contributed by atoms with Gasteiger partial charge in [-0.25, -0.2) is 0 Å². The summed E-state index contributed by atoms with van der Waals surface area (Å²) >= 11 is 0. The number of hydrogen-bond acceptors (Lipinski definition) is 4. The Balaban J connectivity index is 2.48. The molecule has 0 saturated heterocycles. The monoisotopic (exact) mass is 288 g/mol. The lowest BCUT2D eigenvalue weighted by Crippen LogP contribution is -2.04. The van der Waals surface area contributed by atoms with Crippen LogP contribution < -0.4 is 14.2 Å². The zero-order chi connectivity index (χ0) is 15.4. The molecule has 21 heavy (non-hydrogen) atoms. The highest BCUT2D eigenvalue weighted by atomic mass is 16.5. The second kappa shape index (κ2) is 6.50. The molecule has 0 radical (unpaired) electrons. The number of rotatable bonds is 5. The van der Waals surface area contributed by atoms with Gasteiger partial charge >= 0.3 is 0 Å². The van der Waals surface area contributed by atoms with Crippen molar-refractivity contribution in [2.45, 2.75) is 13.0 Å². The molecule has 0 saturated carbocycles. The number of aryl methyl sites for hydroxylation is 1. The van der Waals surface area contributed by atoms with E-state index in [4.69, 9.17) is 14.2 Å². The lowest BCUT2D eigenvalue weighted by atomic mass is 9.98. The molecule has 1 unspecified atom stereocenters. The molecule has 0 aliphatic carbocycles. The minimum absolute atomic E-state index is 0.634. The lowest BCUT2D eigenvalue weighted by molar-refractivity contribution is 0.213. The number of aliphatic hydroxyl groups is 1. The molecule has 0 aromatic heterocycles. The molecule has 1 N–H and O–H groups in total. The number of benzene rings is 2. The van der Waals surface area contributed by atoms with Crippen LogP contribution in [0.15, 0.2) is 36.4 Å². The van der Waals surface area contributed by atoms with E-state index in [2.05, 4.69) is 0 Å². The Kier molecular flexibility index (Phi) is 4.70. The zero-order valence-electron chi connectivity index (χ0n) is 12.7. The van der Waals surface area contributed by atoms with Gasteiger partial charge in [0.15, 0.2) is 0 Å². The Bertz CT molecular complexity index is 600. The first-order valence-electron chi connectivity index (χ1n) is 6.64. The molecule has 0 heterocycles. The Morgan fingerprint density at radius 2 is 1.48 bits per heavy atom. The van der Waals surface area contributed by atoms with Crippen LogP contribution in [0.5, 0.6) is 17.2 Å².